The second kappa shape index (κ2) is 9.30. The Balaban J connectivity index is 1.46. The molecule has 8 nitrogen and oxygen atoms in total. The number of hydrogen-bond donors (Lipinski definition) is 1. The van der Waals surface area contributed by atoms with Gasteiger partial charge >= 0.3 is 0 Å². The summed E-state index contributed by atoms with van der Waals surface area (Å²) in [7, 11) is 1.65. The fourth-order valence-electron chi connectivity index (χ4n) is 5.19. The minimum absolute atomic E-state index is 0.00912. The van der Waals surface area contributed by atoms with E-state index in [9.17, 15) is 9.18 Å². The molecule has 1 amide bonds. The van der Waals surface area contributed by atoms with Gasteiger partial charge in [0, 0.05) is 43.7 Å². The topological polar surface area (TPSA) is 90.0 Å². The van der Waals surface area contributed by atoms with Gasteiger partial charge in [0.2, 0.25) is 12.5 Å². The van der Waals surface area contributed by atoms with Crippen molar-refractivity contribution in [1.29, 1.82) is 0 Å². The Bertz CT molecular complexity index is 1480. The molecule has 178 valence electrons. The Morgan fingerprint density at radius 1 is 1.40 bits per heavy atom. The molecule has 0 spiro atoms. The van der Waals surface area contributed by atoms with Crippen molar-refractivity contribution < 1.29 is 9.18 Å². The first-order valence-corrected chi connectivity index (χ1v) is 12.2. The molecule has 4 aromatic rings. The van der Waals surface area contributed by atoms with Crippen molar-refractivity contribution in [3.05, 3.63) is 64.3 Å². The molecule has 1 fully saturated rings. The Labute approximate surface area is 209 Å². The van der Waals surface area contributed by atoms with Crippen LogP contribution in [0, 0.1) is 23.7 Å². The van der Waals surface area contributed by atoms with E-state index >= 15 is 0 Å². The molecular weight excluding hydrogens is 513 g/mol. The molecule has 0 unspecified atom stereocenters. The number of benzene rings is 1. The number of carbonyl (C=O) groups excluding carboxylic acids is 1. The molecule has 3 heterocycles. The van der Waals surface area contributed by atoms with Crippen LogP contribution in [0.15, 0.2) is 41.3 Å². The average molecular weight is 536 g/mol. The van der Waals surface area contributed by atoms with Crippen LogP contribution < -0.4 is 5.32 Å². The van der Waals surface area contributed by atoms with Crippen molar-refractivity contribution in [1.82, 2.24) is 30.0 Å². The van der Waals surface area contributed by atoms with Crippen molar-refractivity contribution >= 4 is 43.8 Å². The lowest BCUT2D eigenvalue weighted by Crippen LogP contribution is -2.38. The third-order valence-corrected chi connectivity index (χ3v) is 7.50. The molecule has 1 aliphatic rings. The van der Waals surface area contributed by atoms with E-state index in [-0.39, 0.29) is 11.8 Å². The summed E-state index contributed by atoms with van der Waals surface area (Å²) >= 11 is 3.47. The highest BCUT2D eigenvalue weighted by molar-refractivity contribution is 9.10. The minimum Gasteiger partial charge on any atom is -0.359 e. The SMILES string of the molecule is [C-]#[N+]CC[C@@]1(C(=O)NC)CC[C@@H](Cc2ncc3c(Br)nn(-c4cc(F)c5ncccc5c4)c3n2)C1. The number of rotatable bonds is 6. The largest absolute Gasteiger partial charge is 0.359 e. The van der Waals surface area contributed by atoms with Crippen LogP contribution in [0.5, 0.6) is 0 Å². The van der Waals surface area contributed by atoms with Crippen molar-refractivity contribution in [3.8, 4) is 5.69 Å². The molecule has 1 saturated carbocycles. The van der Waals surface area contributed by atoms with Crippen LogP contribution >= 0.6 is 15.9 Å². The van der Waals surface area contributed by atoms with Gasteiger partial charge in [0.1, 0.15) is 15.9 Å². The molecule has 0 bridgehead atoms. The zero-order chi connectivity index (χ0) is 24.6. The molecule has 5 rings (SSSR count). The Morgan fingerprint density at radius 3 is 3.06 bits per heavy atom. The average Bonchev–Trinajstić information content (AvgIpc) is 3.43. The van der Waals surface area contributed by atoms with Gasteiger partial charge in [-0.2, -0.15) is 5.10 Å². The summed E-state index contributed by atoms with van der Waals surface area (Å²) in [4.78, 5) is 29.6. The molecule has 1 aromatic carbocycles. The minimum atomic E-state index is -0.504. The van der Waals surface area contributed by atoms with Gasteiger partial charge in [0.05, 0.1) is 16.5 Å². The Kier molecular flexibility index (Phi) is 6.19. The first kappa shape index (κ1) is 23.3. The smallest absolute Gasteiger partial charge is 0.226 e. The lowest BCUT2D eigenvalue weighted by atomic mass is 9.80. The molecule has 10 heteroatoms. The highest BCUT2D eigenvalue weighted by atomic mass is 79.9. The summed E-state index contributed by atoms with van der Waals surface area (Å²) in [6.07, 6.45) is 6.80. The number of nitrogens with zero attached hydrogens (tertiary/aromatic N) is 6. The summed E-state index contributed by atoms with van der Waals surface area (Å²) in [5.41, 5.74) is 0.923. The van der Waals surface area contributed by atoms with Gasteiger partial charge in [0.25, 0.3) is 0 Å². The maximum absolute atomic E-state index is 14.7. The number of halogens is 2. The normalized spacial score (nSPS) is 19.8. The van der Waals surface area contributed by atoms with Crippen molar-refractivity contribution in [2.45, 2.75) is 32.1 Å². The summed E-state index contributed by atoms with van der Waals surface area (Å²) in [5.74, 6) is 0.467. The quantitative estimate of drug-likeness (QED) is 0.363. The first-order chi connectivity index (χ1) is 16.9. The fourth-order valence-corrected chi connectivity index (χ4v) is 5.63. The molecule has 0 saturated heterocycles. The van der Waals surface area contributed by atoms with E-state index in [0.717, 1.165) is 18.2 Å². The zero-order valence-electron chi connectivity index (χ0n) is 19.1. The number of carbonyl (C=O) groups is 1. The van der Waals surface area contributed by atoms with E-state index in [1.807, 2.05) is 12.1 Å². The number of nitrogens with one attached hydrogen (secondary N) is 1. The summed E-state index contributed by atoms with van der Waals surface area (Å²) < 4.78 is 16.9. The molecule has 3 aromatic heterocycles. The molecule has 2 atom stereocenters. The van der Waals surface area contributed by atoms with E-state index in [1.54, 1.807) is 30.2 Å². The van der Waals surface area contributed by atoms with E-state index < -0.39 is 11.2 Å². The van der Waals surface area contributed by atoms with Gasteiger partial charge in [-0.3, -0.25) is 9.78 Å². The maximum atomic E-state index is 14.7. The van der Waals surface area contributed by atoms with Crippen LogP contribution in [0.1, 0.15) is 31.5 Å². The molecule has 35 heavy (non-hydrogen) atoms. The predicted molar refractivity (Wildman–Crippen MR) is 133 cm³/mol. The van der Waals surface area contributed by atoms with Gasteiger partial charge in [-0.1, -0.05) is 6.07 Å². The number of pyridine rings is 1. The number of amides is 1. The van der Waals surface area contributed by atoms with Crippen LogP contribution in [0.25, 0.3) is 32.5 Å². The van der Waals surface area contributed by atoms with Crippen LogP contribution in [0.4, 0.5) is 4.39 Å². The molecule has 1 aliphatic carbocycles. The van der Waals surface area contributed by atoms with Crippen molar-refractivity contribution in [3.63, 3.8) is 0 Å². The molecular formula is C25H23BrFN7O. The Morgan fingerprint density at radius 2 is 2.26 bits per heavy atom. The number of fused-ring (bicyclic) bond motifs is 2. The van der Waals surface area contributed by atoms with Gasteiger partial charge in [0.15, 0.2) is 11.5 Å². The number of aromatic nitrogens is 5. The third-order valence-electron chi connectivity index (χ3n) is 6.91. The summed E-state index contributed by atoms with van der Waals surface area (Å²) in [6, 6.07) is 6.81. The van der Waals surface area contributed by atoms with Gasteiger partial charge < -0.3 is 10.2 Å². The van der Waals surface area contributed by atoms with E-state index in [1.165, 1.54) is 6.07 Å². The first-order valence-electron chi connectivity index (χ1n) is 11.4. The van der Waals surface area contributed by atoms with Crippen LogP contribution in [0.3, 0.4) is 0 Å². The summed E-state index contributed by atoms with van der Waals surface area (Å²) in [5, 5.41) is 8.72. The highest BCUT2D eigenvalue weighted by Crippen LogP contribution is 2.45. The predicted octanol–water partition coefficient (Wildman–Crippen LogP) is 4.65. The highest BCUT2D eigenvalue weighted by Gasteiger charge is 2.45. The Hall–Kier alpha value is -3.45. The van der Waals surface area contributed by atoms with E-state index in [4.69, 9.17) is 11.6 Å². The van der Waals surface area contributed by atoms with Gasteiger partial charge in [-0.15, -0.1) is 0 Å². The molecule has 1 N–H and O–H groups in total. The van der Waals surface area contributed by atoms with E-state index in [0.29, 0.717) is 58.5 Å². The fraction of sp³-hybridized carbons (Fsp3) is 0.360. The van der Waals surface area contributed by atoms with Crippen LogP contribution in [0.2, 0.25) is 0 Å². The lowest BCUT2D eigenvalue weighted by molar-refractivity contribution is -0.130. The van der Waals surface area contributed by atoms with Crippen molar-refractivity contribution in [2.75, 3.05) is 13.6 Å². The zero-order valence-corrected chi connectivity index (χ0v) is 20.7. The van der Waals surface area contributed by atoms with E-state index in [2.05, 4.69) is 41.2 Å². The number of hydrogen-bond acceptors (Lipinski definition) is 5. The third kappa shape index (κ3) is 4.25. The standard InChI is InChI=1S/C25H23BrFN7O/c1-28-9-7-25(24(35)29-2)6-5-15(13-25)10-20-31-14-18-22(26)33-34(23(18)32-20)17-11-16-4-3-8-30-21(16)19(27)12-17/h3-4,8,11-12,14-15H,5-7,9-10,13H2,2H3,(H,29,35)/t15-,25-/m0/s1. The second-order valence-corrected chi connectivity index (χ2v) is 9.78. The maximum Gasteiger partial charge on any atom is 0.226 e. The summed E-state index contributed by atoms with van der Waals surface area (Å²) in [6.45, 7) is 7.48. The van der Waals surface area contributed by atoms with Crippen LogP contribution in [-0.2, 0) is 11.2 Å². The monoisotopic (exact) mass is 535 g/mol. The molecule has 0 aliphatic heterocycles. The molecule has 0 radical (unpaired) electrons. The van der Waals surface area contributed by atoms with Gasteiger partial charge in [-0.25, -0.2) is 25.6 Å². The van der Waals surface area contributed by atoms with Crippen molar-refractivity contribution in [2.24, 2.45) is 11.3 Å². The second-order valence-electron chi connectivity index (χ2n) is 9.03. The van der Waals surface area contributed by atoms with Gasteiger partial charge in [-0.05, 0) is 53.2 Å². The van der Waals surface area contributed by atoms with Crippen LogP contribution in [-0.4, -0.2) is 44.2 Å². The lowest BCUT2D eigenvalue weighted by Gasteiger charge is -2.25.